The average Bonchev–Trinajstić information content (AvgIpc) is 3.32. The Morgan fingerprint density at radius 2 is 1.96 bits per heavy atom. The molecule has 6 heteroatoms. The number of benzene rings is 2. The Balaban J connectivity index is 1.65. The van der Waals surface area contributed by atoms with Crippen molar-refractivity contribution in [1.82, 2.24) is 4.98 Å². The van der Waals surface area contributed by atoms with Gasteiger partial charge in [-0.2, -0.15) is 0 Å². The third kappa shape index (κ3) is 2.88. The number of ether oxygens (including phenoxy) is 1. The number of hydrogen-bond donors (Lipinski definition) is 1. The van der Waals surface area contributed by atoms with E-state index >= 15 is 0 Å². The minimum absolute atomic E-state index is 0.209. The normalized spacial score (nSPS) is 10.8. The number of hydrogen-bond acceptors (Lipinski definition) is 5. The highest BCUT2D eigenvalue weighted by atomic mass is 32.1. The summed E-state index contributed by atoms with van der Waals surface area (Å²) in [5, 5.41) is 6.96. The maximum Gasteiger partial charge on any atom is 0.258 e. The molecule has 0 saturated heterocycles. The van der Waals surface area contributed by atoms with Gasteiger partial charge >= 0.3 is 0 Å². The zero-order valence-corrected chi connectivity index (χ0v) is 14.2. The molecule has 2 aromatic heterocycles. The van der Waals surface area contributed by atoms with Gasteiger partial charge in [0.15, 0.2) is 10.9 Å². The topological polar surface area (TPSA) is 64.4 Å². The molecule has 25 heavy (non-hydrogen) atoms. The maximum atomic E-state index is 12.7. The monoisotopic (exact) mass is 350 g/mol. The number of carbonyl (C=O) groups excluding carboxylic acids is 1. The number of fused-ring (bicyclic) bond motifs is 1. The Morgan fingerprint density at radius 1 is 1.12 bits per heavy atom. The van der Waals surface area contributed by atoms with Crippen LogP contribution in [0.5, 0.6) is 5.75 Å². The minimum Gasteiger partial charge on any atom is -0.496 e. The molecule has 2 heterocycles. The Labute approximate surface area is 147 Å². The summed E-state index contributed by atoms with van der Waals surface area (Å²) in [6.45, 7) is 0. The van der Waals surface area contributed by atoms with Crippen molar-refractivity contribution in [3.63, 3.8) is 0 Å². The van der Waals surface area contributed by atoms with Crippen molar-refractivity contribution in [3.8, 4) is 17.2 Å². The molecule has 0 atom stereocenters. The van der Waals surface area contributed by atoms with E-state index in [1.54, 1.807) is 31.6 Å². The van der Waals surface area contributed by atoms with Crippen LogP contribution < -0.4 is 10.1 Å². The van der Waals surface area contributed by atoms with Crippen LogP contribution in [0, 0.1) is 0 Å². The molecule has 0 aliphatic rings. The SMILES string of the molecule is COc1ccc(C(=O)Nc2nc(-c3ccco3)cs2)c2ccccc12. The lowest BCUT2D eigenvalue weighted by Gasteiger charge is -2.09. The molecule has 0 bridgehead atoms. The lowest BCUT2D eigenvalue weighted by molar-refractivity contribution is 0.102. The van der Waals surface area contributed by atoms with Crippen LogP contribution in [0.4, 0.5) is 5.13 Å². The number of thiazole rings is 1. The number of carbonyl (C=O) groups is 1. The molecule has 0 aliphatic heterocycles. The summed E-state index contributed by atoms with van der Waals surface area (Å²) >= 11 is 1.36. The van der Waals surface area contributed by atoms with Crippen LogP contribution in [0.3, 0.4) is 0 Å². The number of nitrogens with one attached hydrogen (secondary N) is 1. The van der Waals surface area contributed by atoms with E-state index in [0.717, 1.165) is 16.5 Å². The predicted molar refractivity (Wildman–Crippen MR) is 98.3 cm³/mol. The number of anilines is 1. The molecule has 1 amide bonds. The summed E-state index contributed by atoms with van der Waals surface area (Å²) in [6.07, 6.45) is 1.59. The van der Waals surface area contributed by atoms with E-state index < -0.39 is 0 Å². The lowest BCUT2D eigenvalue weighted by atomic mass is 10.0. The van der Waals surface area contributed by atoms with Gasteiger partial charge in [-0.15, -0.1) is 11.3 Å². The van der Waals surface area contributed by atoms with Crippen LogP contribution >= 0.6 is 11.3 Å². The van der Waals surface area contributed by atoms with Gasteiger partial charge in [0.25, 0.3) is 5.91 Å². The highest BCUT2D eigenvalue weighted by molar-refractivity contribution is 7.14. The number of amides is 1. The fraction of sp³-hybridized carbons (Fsp3) is 0.0526. The summed E-state index contributed by atoms with van der Waals surface area (Å²) < 4.78 is 10.7. The summed E-state index contributed by atoms with van der Waals surface area (Å²) in [4.78, 5) is 17.1. The second-order valence-electron chi connectivity index (χ2n) is 5.33. The molecule has 5 nitrogen and oxygen atoms in total. The molecule has 0 saturated carbocycles. The Bertz CT molecular complexity index is 1040. The van der Waals surface area contributed by atoms with Crippen molar-refractivity contribution in [2.45, 2.75) is 0 Å². The van der Waals surface area contributed by atoms with Crippen LogP contribution in [0.15, 0.2) is 64.6 Å². The minimum atomic E-state index is -0.209. The van der Waals surface area contributed by atoms with E-state index in [4.69, 9.17) is 9.15 Å². The van der Waals surface area contributed by atoms with Gasteiger partial charge in [0.2, 0.25) is 0 Å². The quantitative estimate of drug-likeness (QED) is 0.573. The molecule has 4 aromatic rings. The smallest absolute Gasteiger partial charge is 0.258 e. The highest BCUT2D eigenvalue weighted by Crippen LogP contribution is 2.30. The van der Waals surface area contributed by atoms with Gasteiger partial charge in [0.05, 0.1) is 13.4 Å². The van der Waals surface area contributed by atoms with E-state index in [9.17, 15) is 4.79 Å². The van der Waals surface area contributed by atoms with Crippen molar-refractivity contribution in [1.29, 1.82) is 0 Å². The van der Waals surface area contributed by atoms with Crippen LogP contribution in [0.25, 0.3) is 22.2 Å². The fourth-order valence-corrected chi connectivity index (χ4v) is 3.38. The van der Waals surface area contributed by atoms with E-state index in [2.05, 4.69) is 10.3 Å². The number of rotatable bonds is 4. The van der Waals surface area contributed by atoms with Crippen molar-refractivity contribution in [2.75, 3.05) is 12.4 Å². The number of aromatic nitrogens is 1. The summed E-state index contributed by atoms with van der Waals surface area (Å²) in [5.74, 6) is 1.20. The van der Waals surface area contributed by atoms with E-state index in [1.165, 1.54) is 11.3 Å². The standard InChI is InChI=1S/C19H14N2O3S/c1-23-16-9-8-14(12-5-2-3-6-13(12)16)18(22)21-19-20-15(11-25-19)17-7-4-10-24-17/h2-11H,1H3,(H,20,21,22). The highest BCUT2D eigenvalue weighted by Gasteiger charge is 2.15. The molecule has 2 aromatic carbocycles. The molecular weight excluding hydrogens is 336 g/mol. The number of methoxy groups -OCH3 is 1. The molecule has 0 unspecified atom stereocenters. The van der Waals surface area contributed by atoms with Gasteiger partial charge in [-0.05, 0) is 29.7 Å². The third-order valence-electron chi connectivity index (χ3n) is 3.85. The van der Waals surface area contributed by atoms with Gasteiger partial charge < -0.3 is 9.15 Å². The van der Waals surface area contributed by atoms with Crippen LogP contribution in [-0.4, -0.2) is 18.0 Å². The Hall–Kier alpha value is -3.12. The van der Waals surface area contributed by atoms with E-state index in [0.29, 0.717) is 22.1 Å². The van der Waals surface area contributed by atoms with Crippen molar-refractivity contribution < 1.29 is 13.9 Å². The third-order valence-corrected chi connectivity index (χ3v) is 4.60. The first-order valence-corrected chi connectivity index (χ1v) is 8.51. The molecule has 0 radical (unpaired) electrons. The van der Waals surface area contributed by atoms with Crippen LogP contribution in [0.1, 0.15) is 10.4 Å². The summed E-state index contributed by atoms with van der Waals surface area (Å²) in [7, 11) is 1.62. The van der Waals surface area contributed by atoms with Gasteiger partial charge in [-0.3, -0.25) is 10.1 Å². The summed E-state index contributed by atoms with van der Waals surface area (Å²) in [5.41, 5.74) is 1.27. The number of furan rings is 1. The zero-order chi connectivity index (χ0) is 17.2. The Morgan fingerprint density at radius 3 is 2.72 bits per heavy atom. The van der Waals surface area contributed by atoms with Crippen LogP contribution in [-0.2, 0) is 0 Å². The van der Waals surface area contributed by atoms with Crippen LogP contribution in [0.2, 0.25) is 0 Å². The first-order valence-electron chi connectivity index (χ1n) is 7.63. The average molecular weight is 350 g/mol. The summed E-state index contributed by atoms with van der Waals surface area (Å²) in [6, 6.07) is 14.9. The molecule has 0 fully saturated rings. The molecule has 0 spiro atoms. The lowest BCUT2D eigenvalue weighted by Crippen LogP contribution is -2.12. The predicted octanol–water partition coefficient (Wildman–Crippen LogP) is 4.82. The molecule has 0 aliphatic carbocycles. The molecule has 4 rings (SSSR count). The van der Waals surface area contributed by atoms with Gasteiger partial charge in [0.1, 0.15) is 11.4 Å². The zero-order valence-electron chi connectivity index (χ0n) is 13.4. The molecule has 124 valence electrons. The fourth-order valence-electron chi connectivity index (χ4n) is 2.68. The number of nitrogens with zero attached hydrogens (tertiary/aromatic N) is 1. The first-order chi connectivity index (χ1) is 12.3. The maximum absolute atomic E-state index is 12.7. The van der Waals surface area contributed by atoms with Gasteiger partial charge in [-0.25, -0.2) is 4.98 Å². The van der Waals surface area contributed by atoms with E-state index in [-0.39, 0.29) is 5.91 Å². The first kappa shape index (κ1) is 15.4. The van der Waals surface area contributed by atoms with Gasteiger partial charge in [0, 0.05) is 16.3 Å². The van der Waals surface area contributed by atoms with Crippen molar-refractivity contribution in [2.24, 2.45) is 0 Å². The van der Waals surface area contributed by atoms with E-state index in [1.807, 2.05) is 35.7 Å². The molecule has 1 N–H and O–H groups in total. The van der Waals surface area contributed by atoms with Crippen molar-refractivity contribution >= 4 is 33.1 Å². The Kier molecular flexibility index (Phi) is 3.95. The second-order valence-corrected chi connectivity index (χ2v) is 6.19. The van der Waals surface area contributed by atoms with Gasteiger partial charge in [-0.1, -0.05) is 24.3 Å². The second kappa shape index (κ2) is 6.41. The van der Waals surface area contributed by atoms with Crippen molar-refractivity contribution in [3.05, 3.63) is 65.7 Å². The molecular formula is C19H14N2O3S. The largest absolute Gasteiger partial charge is 0.496 e.